The predicted molar refractivity (Wildman–Crippen MR) is 114 cm³/mol. The normalized spacial score (nSPS) is 10.4. The minimum Gasteiger partial charge on any atom is -0.496 e. The molecule has 0 amide bonds. The van der Waals surface area contributed by atoms with Gasteiger partial charge in [0.2, 0.25) is 0 Å². The number of rotatable bonds is 6. The van der Waals surface area contributed by atoms with Crippen molar-refractivity contribution in [3.8, 4) is 28.8 Å². The van der Waals surface area contributed by atoms with Crippen LogP contribution in [0.2, 0.25) is 5.02 Å². The maximum atomic E-state index is 12.2. The van der Waals surface area contributed by atoms with E-state index in [0.717, 1.165) is 11.1 Å². The number of ether oxygens (including phenoxy) is 2. The van der Waals surface area contributed by atoms with Gasteiger partial charge in [-0.25, -0.2) is 4.98 Å². The van der Waals surface area contributed by atoms with Gasteiger partial charge in [-0.3, -0.25) is 4.79 Å². The summed E-state index contributed by atoms with van der Waals surface area (Å²) in [5.41, 5.74) is 2.14. The van der Waals surface area contributed by atoms with Gasteiger partial charge in [-0.1, -0.05) is 23.4 Å². The summed E-state index contributed by atoms with van der Waals surface area (Å²) in [6.07, 6.45) is 1.80. The SMILES string of the molecule is COc1ccc(-c2nc(SC)[nH]c(=O)c2C#N)cc1COc1ccc(Cl)cc1C. The third kappa shape index (κ3) is 4.56. The van der Waals surface area contributed by atoms with Crippen molar-refractivity contribution in [1.82, 2.24) is 9.97 Å². The van der Waals surface area contributed by atoms with Gasteiger partial charge in [0.25, 0.3) is 5.56 Å². The van der Waals surface area contributed by atoms with Gasteiger partial charge in [-0.2, -0.15) is 5.26 Å². The Hall–Kier alpha value is -2.95. The third-order valence-electron chi connectivity index (χ3n) is 4.28. The van der Waals surface area contributed by atoms with Crippen LogP contribution in [0.5, 0.6) is 11.5 Å². The fraction of sp³-hybridized carbons (Fsp3) is 0.190. The van der Waals surface area contributed by atoms with Crippen LogP contribution in [-0.2, 0) is 6.61 Å². The molecule has 2 aromatic carbocycles. The number of nitrogens with zero attached hydrogens (tertiary/aromatic N) is 2. The largest absolute Gasteiger partial charge is 0.496 e. The van der Waals surface area contributed by atoms with Gasteiger partial charge < -0.3 is 14.5 Å². The second-order valence-electron chi connectivity index (χ2n) is 6.14. The number of aromatic amines is 1. The Kier molecular flexibility index (Phi) is 6.47. The lowest BCUT2D eigenvalue weighted by molar-refractivity contribution is 0.295. The van der Waals surface area contributed by atoms with Crippen LogP contribution in [0.25, 0.3) is 11.3 Å². The minimum absolute atomic E-state index is 0.0339. The van der Waals surface area contributed by atoms with E-state index < -0.39 is 5.56 Å². The highest BCUT2D eigenvalue weighted by Crippen LogP contribution is 2.29. The molecule has 0 radical (unpaired) electrons. The van der Waals surface area contributed by atoms with Crippen LogP contribution in [0.1, 0.15) is 16.7 Å². The van der Waals surface area contributed by atoms with Crippen LogP contribution in [0, 0.1) is 18.3 Å². The highest BCUT2D eigenvalue weighted by atomic mass is 35.5. The molecule has 0 aliphatic heterocycles. The summed E-state index contributed by atoms with van der Waals surface area (Å²) < 4.78 is 11.4. The Morgan fingerprint density at radius 1 is 1.24 bits per heavy atom. The summed E-state index contributed by atoms with van der Waals surface area (Å²) in [6, 6.07) is 12.7. The average Bonchev–Trinajstić information content (AvgIpc) is 2.72. The lowest BCUT2D eigenvalue weighted by Gasteiger charge is -2.14. The van der Waals surface area contributed by atoms with E-state index in [1.165, 1.54) is 11.8 Å². The monoisotopic (exact) mass is 427 g/mol. The first-order valence-electron chi connectivity index (χ1n) is 8.61. The standard InChI is InChI=1S/C21H18ClN3O3S/c1-12-8-15(22)5-7-17(12)28-11-14-9-13(4-6-18(14)27-2)19-16(10-23)20(26)25-21(24-19)29-3/h4-9H,11H2,1-3H3,(H,24,25,26). The number of methoxy groups -OCH3 is 1. The molecule has 0 unspecified atom stereocenters. The van der Waals surface area contributed by atoms with Crippen LogP contribution >= 0.6 is 23.4 Å². The Labute approximate surface area is 177 Å². The molecule has 0 bridgehead atoms. The Morgan fingerprint density at radius 2 is 2.00 bits per heavy atom. The van der Waals surface area contributed by atoms with E-state index in [1.807, 2.05) is 31.2 Å². The Bertz CT molecular complexity index is 1150. The molecule has 0 aliphatic carbocycles. The van der Waals surface area contributed by atoms with Crippen molar-refractivity contribution in [1.29, 1.82) is 5.26 Å². The molecule has 1 heterocycles. The lowest BCUT2D eigenvalue weighted by atomic mass is 10.0. The molecular formula is C21H18ClN3O3S. The summed E-state index contributed by atoms with van der Waals surface area (Å²) in [5.74, 6) is 1.34. The van der Waals surface area contributed by atoms with Gasteiger partial charge >= 0.3 is 0 Å². The quantitative estimate of drug-likeness (QED) is 0.457. The lowest BCUT2D eigenvalue weighted by Crippen LogP contribution is -2.14. The zero-order valence-electron chi connectivity index (χ0n) is 16.1. The molecule has 148 valence electrons. The summed E-state index contributed by atoms with van der Waals surface area (Å²) >= 11 is 7.29. The predicted octanol–water partition coefficient (Wildman–Crippen LogP) is 4.58. The van der Waals surface area contributed by atoms with Gasteiger partial charge in [0, 0.05) is 16.1 Å². The number of aromatic nitrogens is 2. The number of nitrogens with one attached hydrogen (secondary N) is 1. The number of halogens is 1. The fourth-order valence-corrected chi connectivity index (χ4v) is 3.43. The summed E-state index contributed by atoms with van der Waals surface area (Å²) in [4.78, 5) is 19.2. The molecule has 29 heavy (non-hydrogen) atoms. The van der Waals surface area contributed by atoms with Crippen molar-refractivity contribution in [3.63, 3.8) is 0 Å². The van der Waals surface area contributed by atoms with Gasteiger partial charge in [-0.15, -0.1) is 0 Å². The molecule has 0 aliphatic rings. The molecular weight excluding hydrogens is 410 g/mol. The second-order valence-corrected chi connectivity index (χ2v) is 7.37. The molecule has 8 heteroatoms. The first-order chi connectivity index (χ1) is 14.0. The van der Waals surface area contributed by atoms with Gasteiger partial charge in [0.1, 0.15) is 29.7 Å². The van der Waals surface area contributed by atoms with Gasteiger partial charge in [-0.05, 0) is 55.1 Å². The minimum atomic E-state index is -0.466. The number of nitriles is 1. The third-order valence-corrected chi connectivity index (χ3v) is 5.09. The van der Waals surface area contributed by atoms with Crippen LogP contribution in [0.15, 0.2) is 46.3 Å². The summed E-state index contributed by atoms with van der Waals surface area (Å²) in [7, 11) is 1.57. The number of thioether (sulfide) groups is 1. The molecule has 0 spiro atoms. The van der Waals surface area contributed by atoms with Gasteiger partial charge in [0.15, 0.2) is 5.16 Å². The maximum Gasteiger partial charge on any atom is 0.270 e. The summed E-state index contributed by atoms with van der Waals surface area (Å²) in [5, 5.41) is 10.5. The zero-order chi connectivity index (χ0) is 21.0. The second kappa shape index (κ2) is 9.03. The van der Waals surface area contributed by atoms with Crippen molar-refractivity contribution >= 4 is 23.4 Å². The van der Waals surface area contributed by atoms with E-state index in [1.54, 1.807) is 31.6 Å². The average molecular weight is 428 g/mol. The molecule has 0 saturated heterocycles. The number of aryl methyl sites for hydroxylation is 1. The van der Waals surface area contributed by atoms with Crippen molar-refractivity contribution in [2.75, 3.05) is 13.4 Å². The Balaban J connectivity index is 2.01. The first kappa shape index (κ1) is 20.8. The topological polar surface area (TPSA) is 88.0 Å². The molecule has 3 aromatic rings. The van der Waals surface area contributed by atoms with E-state index in [4.69, 9.17) is 21.1 Å². The van der Waals surface area contributed by atoms with E-state index in [9.17, 15) is 10.1 Å². The summed E-state index contributed by atoms with van der Waals surface area (Å²) in [6.45, 7) is 2.15. The molecule has 0 atom stereocenters. The van der Waals surface area contributed by atoms with Crippen molar-refractivity contribution in [2.24, 2.45) is 0 Å². The highest BCUT2D eigenvalue weighted by Gasteiger charge is 2.15. The van der Waals surface area contributed by atoms with E-state index in [-0.39, 0.29) is 12.2 Å². The van der Waals surface area contributed by atoms with E-state index in [0.29, 0.717) is 32.9 Å². The van der Waals surface area contributed by atoms with E-state index in [2.05, 4.69) is 9.97 Å². The van der Waals surface area contributed by atoms with Crippen molar-refractivity contribution in [2.45, 2.75) is 18.7 Å². The molecule has 6 nitrogen and oxygen atoms in total. The van der Waals surface area contributed by atoms with Crippen molar-refractivity contribution in [3.05, 3.63) is 68.5 Å². The van der Waals surface area contributed by atoms with E-state index >= 15 is 0 Å². The molecule has 1 aromatic heterocycles. The Morgan fingerprint density at radius 3 is 2.66 bits per heavy atom. The number of benzene rings is 2. The van der Waals surface area contributed by atoms with Crippen LogP contribution < -0.4 is 15.0 Å². The molecule has 3 rings (SSSR count). The van der Waals surface area contributed by atoms with Crippen LogP contribution in [-0.4, -0.2) is 23.3 Å². The van der Waals surface area contributed by atoms with Crippen molar-refractivity contribution < 1.29 is 9.47 Å². The highest BCUT2D eigenvalue weighted by molar-refractivity contribution is 7.98. The zero-order valence-corrected chi connectivity index (χ0v) is 17.6. The molecule has 0 saturated carbocycles. The number of hydrogen-bond acceptors (Lipinski definition) is 6. The van der Waals surface area contributed by atoms with Gasteiger partial charge in [0.05, 0.1) is 12.8 Å². The van der Waals surface area contributed by atoms with Crippen LogP contribution in [0.4, 0.5) is 0 Å². The number of hydrogen-bond donors (Lipinski definition) is 1. The maximum absolute atomic E-state index is 12.2. The first-order valence-corrected chi connectivity index (χ1v) is 10.2. The molecule has 0 fully saturated rings. The smallest absolute Gasteiger partial charge is 0.270 e. The number of H-pyrrole nitrogens is 1. The fourth-order valence-electron chi connectivity index (χ4n) is 2.83. The molecule has 1 N–H and O–H groups in total. The van der Waals surface area contributed by atoms with Crippen LogP contribution in [0.3, 0.4) is 0 Å².